The van der Waals surface area contributed by atoms with Gasteiger partial charge in [0, 0.05) is 31.9 Å². The predicted octanol–water partition coefficient (Wildman–Crippen LogP) is 2.13. The van der Waals surface area contributed by atoms with Crippen molar-refractivity contribution in [2.45, 2.75) is 43.5 Å². The molecule has 0 amide bonds. The molecule has 6 nitrogen and oxygen atoms in total. The van der Waals surface area contributed by atoms with Crippen LogP contribution in [-0.4, -0.2) is 53.9 Å². The molecule has 138 valence electrons. The molecular formula is C19H23N3O3S. The van der Waals surface area contributed by atoms with Crippen molar-refractivity contribution in [2.24, 2.45) is 0 Å². The molecule has 1 aromatic carbocycles. The van der Waals surface area contributed by atoms with Gasteiger partial charge in [-0.1, -0.05) is 30.3 Å². The molecule has 0 radical (unpaired) electrons. The first kappa shape index (κ1) is 17.5. The molecule has 1 fully saturated rings. The molecule has 7 heteroatoms. The summed E-state index contributed by atoms with van der Waals surface area (Å²) in [7, 11) is -3.65. The van der Waals surface area contributed by atoms with Gasteiger partial charge in [-0.2, -0.15) is 4.31 Å². The van der Waals surface area contributed by atoms with Crippen molar-refractivity contribution < 1.29 is 13.2 Å². The van der Waals surface area contributed by atoms with E-state index in [2.05, 4.69) is 22.0 Å². The van der Waals surface area contributed by atoms with Crippen molar-refractivity contribution in [1.29, 1.82) is 0 Å². The highest BCUT2D eigenvalue weighted by molar-refractivity contribution is 7.89. The van der Waals surface area contributed by atoms with Gasteiger partial charge >= 0.3 is 0 Å². The Morgan fingerprint density at radius 2 is 1.92 bits per heavy atom. The number of pyridine rings is 1. The lowest BCUT2D eigenvalue weighted by molar-refractivity contribution is 0.135. The number of likely N-dealkylation sites (tertiary alicyclic amines) is 1. The minimum atomic E-state index is -3.65. The highest BCUT2D eigenvalue weighted by Crippen LogP contribution is 2.36. The molecule has 26 heavy (non-hydrogen) atoms. The Balaban J connectivity index is 1.68. The Morgan fingerprint density at radius 1 is 1.15 bits per heavy atom. The number of nitrogens with zero attached hydrogens (tertiary/aromatic N) is 3. The summed E-state index contributed by atoms with van der Waals surface area (Å²) >= 11 is 0. The second-order valence-electron chi connectivity index (χ2n) is 7.14. The maximum atomic E-state index is 13.3. The third kappa shape index (κ3) is 3.00. The van der Waals surface area contributed by atoms with Gasteiger partial charge in [0.1, 0.15) is 11.0 Å². The van der Waals surface area contributed by atoms with Crippen LogP contribution in [0.25, 0.3) is 0 Å². The average molecular weight is 373 g/mol. The number of fused-ring (bicyclic) bond motifs is 2. The Kier molecular flexibility index (Phi) is 4.46. The number of hydrogen-bond acceptors (Lipinski definition) is 5. The monoisotopic (exact) mass is 373 g/mol. The van der Waals surface area contributed by atoms with Gasteiger partial charge in [0.25, 0.3) is 0 Å². The van der Waals surface area contributed by atoms with Crippen LogP contribution in [-0.2, 0) is 16.6 Å². The number of benzene rings is 1. The maximum absolute atomic E-state index is 13.3. The largest absolute Gasteiger partial charge is 0.470 e. The quantitative estimate of drug-likeness (QED) is 0.825. The topological polar surface area (TPSA) is 62.7 Å². The van der Waals surface area contributed by atoms with E-state index in [9.17, 15) is 8.42 Å². The fraction of sp³-hybridized carbons (Fsp3) is 0.421. The van der Waals surface area contributed by atoms with Gasteiger partial charge in [-0.25, -0.2) is 13.4 Å². The van der Waals surface area contributed by atoms with E-state index in [-0.39, 0.29) is 29.0 Å². The molecule has 4 rings (SSSR count). The van der Waals surface area contributed by atoms with Gasteiger partial charge in [-0.15, -0.1) is 0 Å². The number of hydrogen-bond donors (Lipinski definition) is 0. The summed E-state index contributed by atoms with van der Waals surface area (Å²) in [4.78, 5) is 6.61. The number of rotatable bonds is 3. The molecule has 0 N–H and O–H groups in total. The molecule has 2 aliphatic heterocycles. The molecule has 0 unspecified atom stereocenters. The zero-order valence-corrected chi connectivity index (χ0v) is 15.8. The number of aromatic nitrogens is 1. The van der Waals surface area contributed by atoms with E-state index >= 15 is 0 Å². The first-order chi connectivity index (χ1) is 12.5. The van der Waals surface area contributed by atoms with Crippen molar-refractivity contribution in [1.82, 2.24) is 14.2 Å². The van der Waals surface area contributed by atoms with Crippen LogP contribution < -0.4 is 4.74 Å². The molecule has 1 aromatic heterocycles. The van der Waals surface area contributed by atoms with Crippen LogP contribution in [0.15, 0.2) is 53.6 Å². The van der Waals surface area contributed by atoms with Crippen molar-refractivity contribution in [2.75, 3.05) is 13.1 Å². The zero-order valence-electron chi connectivity index (χ0n) is 14.9. The van der Waals surface area contributed by atoms with E-state index in [1.54, 1.807) is 22.6 Å². The van der Waals surface area contributed by atoms with Crippen LogP contribution >= 0.6 is 0 Å². The van der Waals surface area contributed by atoms with E-state index in [4.69, 9.17) is 4.74 Å². The van der Waals surface area contributed by atoms with Crippen LogP contribution in [0.3, 0.4) is 0 Å². The van der Waals surface area contributed by atoms with Crippen LogP contribution in [0, 0.1) is 0 Å². The standard InChI is InChI=1S/C19H23N3O3S/c1-14(2)22-16-12-21(11-15-7-4-3-5-8-15)13-17(16)25-19-18(26(22,23)24)9-6-10-20-19/h3-10,14,16-17H,11-13H2,1-2H3/t16-,17+/m1/s1. The van der Waals surface area contributed by atoms with Gasteiger partial charge in [0.05, 0.1) is 6.04 Å². The van der Waals surface area contributed by atoms with Crippen molar-refractivity contribution in [3.63, 3.8) is 0 Å². The number of ether oxygens (including phenoxy) is 1. The first-order valence-corrected chi connectivity index (χ1v) is 10.3. The van der Waals surface area contributed by atoms with Crippen LogP contribution in [0.1, 0.15) is 19.4 Å². The molecule has 0 spiro atoms. The van der Waals surface area contributed by atoms with Crippen molar-refractivity contribution >= 4 is 10.0 Å². The third-order valence-electron chi connectivity index (χ3n) is 4.95. The summed E-state index contributed by atoms with van der Waals surface area (Å²) in [5.74, 6) is 0.215. The van der Waals surface area contributed by atoms with E-state index in [0.29, 0.717) is 13.1 Å². The molecule has 0 aliphatic carbocycles. The predicted molar refractivity (Wildman–Crippen MR) is 98.3 cm³/mol. The van der Waals surface area contributed by atoms with Crippen LogP contribution in [0.5, 0.6) is 5.88 Å². The maximum Gasteiger partial charge on any atom is 0.249 e. The minimum absolute atomic E-state index is 0.154. The Bertz CT molecular complexity index is 886. The summed E-state index contributed by atoms with van der Waals surface area (Å²) in [5.41, 5.74) is 1.21. The molecule has 2 aromatic rings. The fourth-order valence-corrected chi connectivity index (χ4v) is 5.83. The second kappa shape index (κ2) is 6.64. The Labute approximate surface area is 154 Å². The molecule has 0 saturated carbocycles. The smallest absolute Gasteiger partial charge is 0.249 e. The van der Waals surface area contributed by atoms with E-state index < -0.39 is 10.0 Å². The molecule has 2 atom stereocenters. The highest BCUT2D eigenvalue weighted by Gasteiger charge is 2.48. The summed E-state index contributed by atoms with van der Waals surface area (Å²) in [5, 5.41) is 0. The zero-order chi connectivity index (χ0) is 18.3. The Morgan fingerprint density at radius 3 is 2.65 bits per heavy atom. The van der Waals surface area contributed by atoms with Gasteiger partial charge < -0.3 is 4.74 Å². The van der Waals surface area contributed by atoms with Crippen LogP contribution in [0.4, 0.5) is 0 Å². The lowest BCUT2D eigenvalue weighted by Gasteiger charge is -2.31. The lowest BCUT2D eigenvalue weighted by Crippen LogP contribution is -2.50. The SMILES string of the molecule is CC(C)N1[C@@H]2CN(Cc3ccccc3)C[C@@H]2Oc2ncccc2S1(=O)=O. The Hall–Kier alpha value is -1.96. The lowest BCUT2D eigenvalue weighted by atomic mass is 10.2. The average Bonchev–Trinajstić information content (AvgIpc) is 2.93. The van der Waals surface area contributed by atoms with Crippen molar-refractivity contribution in [3.05, 3.63) is 54.2 Å². The molecule has 3 heterocycles. The molecule has 0 bridgehead atoms. The molecular weight excluding hydrogens is 350 g/mol. The number of sulfonamides is 1. The van der Waals surface area contributed by atoms with Crippen LogP contribution in [0.2, 0.25) is 0 Å². The van der Waals surface area contributed by atoms with E-state index in [0.717, 1.165) is 6.54 Å². The normalized spacial score (nSPS) is 25.3. The molecule has 2 aliphatic rings. The summed E-state index contributed by atoms with van der Waals surface area (Å²) in [6.07, 6.45) is 1.34. The van der Waals surface area contributed by atoms with E-state index in [1.807, 2.05) is 32.0 Å². The van der Waals surface area contributed by atoms with Gasteiger partial charge in [0.2, 0.25) is 15.9 Å². The summed E-state index contributed by atoms with van der Waals surface area (Å²) in [6, 6.07) is 13.0. The van der Waals surface area contributed by atoms with Gasteiger partial charge in [0.15, 0.2) is 0 Å². The summed E-state index contributed by atoms with van der Waals surface area (Å²) < 4.78 is 34.2. The second-order valence-corrected chi connectivity index (χ2v) is 8.95. The molecule has 1 saturated heterocycles. The minimum Gasteiger partial charge on any atom is -0.470 e. The third-order valence-corrected chi connectivity index (χ3v) is 7.07. The highest BCUT2D eigenvalue weighted by atomic mass is 32.2. The first-order valence-electron chi connectivity index (χ1n) is 8.88. The van der Waals surface area contributed by atoms with Gasteiger partial charge in [-0.05, 0) is 31.5 Å². The fourth-order valence-electron chi connectivity index (χ4n) is 3.92. The van der Waals surface area contributed by atoms with Crippen molar-refractivity contribution in [3.8, 4) is 5.88 Å². The van der Waals surface area contributed by atoms with Gasteiger partial charge in [-0.3, -0.25) is 4.90 Å². The summed E-state index contributed by atoms with van der Waals surface area (Å²) in [6.45, 7) is 5.92. The van der Waals surface area contributed by atoms with E-state index in [1.165, 1.54) is 5.56 Å².